The lowest BCUT2D eigenvalue weighted by Crippen LogP contribution is -2.63. The zero-order chi connectivity index (χ0) is 38.0. The highest BCUT2D eigenvalue weighted by atomic mass is 16.5. The molecule has 4 aromatic rings. The topological polar surface area (TPSA) is 144 Å². The molecule has 0 unspecified atom stereocenters. The molecule has 2 bridgehead atoms. The molecule has 1 N–H and O–H groups in total. The lowest BCUT2D eigenvalue weighted by molar-refractivity contribution is -0.207. The van der Waals surface area contributed by atoms with E-state index in [-0.39, 0.29) is 35.5 Å². The maximum absolute atomic E-state index is 13.8. The summed E-state index contributed by atoms with van der Waals surface area (Å²) in [4.78, 5) is 46.0. The number of piperazine rings is 1. The van der Waals surface area contributed by atoms with Crippen molar-refractivity contribution in [1.82, 2.24) is 39.4 Å². The molecule has 286 valence electrons. The van der Waals surface area contributed by atoms with Crippen LogP contribution in [0.25, 0.3) is 22.4 Å². The molecule has 8 rings (SSSR count). The second kappa shape index (κ2) is 13.7. The standard InChI is InChI=1S/C41H53N9O4/c1-7-39(4)20-32(40(5)26(2)11-13-41(27(3)36(39)53)14-12-31(51)35(40)41)54-33(52)23-50-22-30(45-46-50)29-10-8-9-28(19-29)21-49-25-44-34-37(42-24-43-38(34)49)48-17-15-47(6)16-18-48/h7-10,19,22,24-27,32,35-36,53H,1,11-18,20-21,23H2,2-6H3/t26-,27+,32-,35+,36+,39-,40+,41+/m1/s1. The Balaban J connectivity index is 0.996. The fourth-order valence-corrected chi connectivity index (χ4v) is 10.6. The number of esters is 1. The van der Waals surface area contributed by atoms with Gasteiger partial charge in [-0.3, -0.25) is 9.59 Å². The van der Waals surface area contributed by atoms with Crippen LogP contribution in [0.2, 0.25) is 0 Å². The van der Waals surface area contributed by atoms with Gasteiger partial charge in [-0.05, 0) is 61.6 Å². The molecular formula is C41H53N9O4. The normalized spacial score (nSPS) is 33.0. The highest BCUT2D eigenvalue weighted by Crippen LogP contribution is 2.68. The van der Waals surface area contributed by atoms with Gasteiger partial charge >= 0.3 is 5.97 Å². The van der Waals surface area contributed by atoms with Crippen LogP contribution in [0.3, 0.4) is 0 Å². The molecule has 54 heavy (non-hydrogen) atoms. The van der Waals surface area contributed by atoms with E-state index in [1.807, 2.05) is 36.0 Å². The lowest BCUT2D eigenvalue weighted by Gasteiger charge is -2.61. The van der Waals surface area contributed by atoms with Crippen molar-refractivity contribution in [3.63, 3.8) is 0 Å². The predicted octanol–water partition coefficient (Wildman–Crippen LogP) is 4.79. The molecule has 8 atom stereocenters. The van der Waals surface area contributed by atoms with Gasteiger partial charge in [-0.25, -0.2) is 19.6 Å². The maximum atomic E-state index is 13.8. The summed E-state index contributed by atoms with van der Waals surface area (Å²) in [5.74, 6) is 0.459. The van der Waals surface area contributed by atoms with Gasteiger partial charge in [0.1, 0.15) is 30.5 Å². The number of ketones is 1. The molecule has 1 aromatic carbocycles. The van der Waals surface area contributed by atoms with Gasteiger partial charge in [0.25, 0.3) is 0 Å². The van der Waals surface area contributed by atoms with E-state index in [9.17, 15) is 14.7 Å². The Hall–Kier alpha value is -4.49. The molecule has 4 heterocycles. The SMILES string of the molecule is C=C[C@]1(C)C[C@@H](OC(=O)Cn2cc(-c3cccc(Cn4cnc5c(N6CCN(C)CC6)ncnc54)c3)nn2)[C@]2(C)[C@H](C)CC[C@]3(CCC(=O)[C@H]32)[C@@H](C)[C@@H]1O. The van der Waals surface area contributed by atoms with Crippen LogP contribution in [0.5, 0.6) is 0 Å². The second-order valence-corrected chi connectivity index (χ2v) is 17.1. The molecule has 13 heteroatoms. The fourth-order valence-electron chi connectivity index (χ4n) is 10.6. The Morgan fingerprint density at radius 2 is 1.91 bits per heavy atom. The quantitative estimate of drug-likeness (QED) is 0.197. The molecule has 0 radical (unpaired) electrons. The molecule has 0 amide bonds. The van der Waals surface area contributed by atoms with Gasteiger partial charge in [0.2, 0.25) is 0 Å². The smallest absolute Gasteiger partial charge is 0.328 e. The molecule has 13 nitrogen and oxygen atoms in total. The summed E-state index contributed by atoms with van der Waals surface area (Å²) in [5.41, 5.74) is 2.54. The van der Waals surface area contributed by atoms with Gasteiger partial charge in [0.05, 0.1) is 25.2 Å². The molecular weight excluding hydrogens is 683 g/mol. The minimum absolute atomic E-state index is 0.0826. The van der Waals surface area contributed by atoms with Gasteiger partial charge in [-0.15, -0.1) is 11.7 Å². The van der Waals surface area contributed by atoms with E-state index in [4.69, 9.17) is 9.72 Å². The Labute approximate surface area is 316 Å². The third kappa shape index (κ3) is 5.94. The first-order valence-corrected chi connectivity index (χ1v) is 19.5. The molecule has 1 saturated heterocycles. The number of benzene rings is 1. The number of carbonyl (C=O) groups excluding carboxylic acids is 2. The Morgan fingerprint density at radius 3 is 2.69 bits per heavy atom. The van der Waals surface area contributed by atoms with Crippen molar-refractivity contribution in [3.05, 3.63) is 61.3 Å². The van der Waals surface area contributed by atoms with Gasteiger partial charge in [0, 0.05) is 54.9 Å². The van der Waals surface area contributed by atoms with E-state index in [1.165, 1.54) is 4.68 Å². The summed E-state index contributed by atoms with van der Waals surface area (Å²) < 4.78 is 9.98. The number of imidazole rings is 1. The second-order valence-electron chi connectivity index (χ2n) is 17.1. The number of hydrogen-bond acceptors (Lipinski definition) is 11. The average molecular weight is 736 g/mol. The summed E-state index contributed by atoms with van der Waals surface area (Å²) >= 11 is 0. The summed E-state index contributed by atoms with van der Waals surface area (Å²) in [6.07, 6.45) is 9.18. The summed E-state index contributed by atoms with van der Waals surface area (Å²) in [7, 11) is 2.13. The molecule has 3 aromatic heterocycles. The van der Waals surface area contributed by atoms with E-state index < -0.39 is 29.0 Å². The van der Waals surface area contributed by atoms with Crippen molar-refractivity contribution >= 4 is 28.7 Å². The zero-order valence-corrected chi connectivity index (χ0v) is 32.2. The number of nitrogens with zero attached hydrogens (tertiary/aromatic N) is 9. The van der Waals surface area contributed by atoms with Gasteiger partial charge in [0.15, 0.2) is 17.0 Å². The first-order valence-electron chi connectivity index (χ1n) is 19.5. The van der Waals surface area contributed by atoms with Crippen LogP contribution in [0.15, 0.2) is 55.8 Å². The third-order valence-corrected chi connectivity index (χ3v) is 14.2. The van der Waals surface area contributed by atoms with Gasteiger partial charge in [-0.2, -0.15) is 0 Å². The number of Topliss-reactive ketones (excluding diaryl/α,β-unsaturated/α-hetero) is 1. The summed E-state index contributed by atoms with van der Waals surface area (Å²) in [6.45, 7) is 16.8. The minimum atomic E-state index is -0.712. The van der Waals surface area contributed by atoms with Crippen LogP contribution in [0, 0.1) is 34.0 Å². The van der Waals surface area contributed by atoms with Gasteiger partial charge < -0.3 is 24.2 Å². The number of aliphatic hydroxyl groups excluding tert-OH is 1. The van der Waals surface area contributed by atoms with Crippen LogP contribution < -0.4 is 4.90 Å². The number of fused-ring (bicyclic) bond motifs is 1. The number of anilines is 1. The van der Waals surface area contributed by atoms with Crippen molar-refractivity contribution < 1.29 is 19.4 Å². The van der Waals surface area contributed by atoms with E-state index in [0.717, 1.165) is 73.6 Å². The number of aromatic nitrogens is 7. The lowest BCUT2D eigenvalue weighted by atomic mass is 9.44. The summed E-state index contributed by atoms with van der Waals surface area (Å²) in [5, 5.41) is 20.6. The van der Waals surface area contributed by atoms with Crippen molar-refractivity contribution in [3.8, 4) is 11.3 Å². The van der Waals surface area contributed by atoms with E-state index in [0.29, 0.717) is 25.1 Å². The van der Waals surface area contributed by atoms with Crippen molar-refractivity contribution in [1.29, 1.82) is 0 Å². The van der Waals surface area contributed by atoms with Crippen LogP contribution >= 0.6 is 0 Å². The molecule has 0 spiro atoms. The number of hydrogen-bond donors (Lipinski definition) is 1. The largest absolute Gasteiger partial charge is 0.460 e. The summed E-state index contributed by atoms with van der Waals surface area (Å²) in [6, 6.07) is 8.08. The molecule has 1 aliphatic heterocycles. The van der Waals surface area contributed by atoms with Crippen LogP contribution in [0.4, 0.5) is 5.82 Å². The van der Waals surface area contributed by atoms with Crippen molar-refractivity contribution in [2.45, 2.75) is 85.1 Å². The van der Waals surface area contributed by atoms with Crippen molar-refractivity contribution in [2.75, 3.05) is 38.1 Å². The average Bonchev–Trinajstić information content (AvgIpc) is 3.90. The Kier molecular flexibility index (Phi) is 9.23. The molecule has 3 saturated carbocycles. The number of ether oxygens (including phenoxy) is 1. The van der Waals surface area contributed by atoms with Gasteiger partial charge in [-0.1, -0.05) is 57.2 Å². The molecule has 4 fully saturated rings. The first-order chi connectivity index (χ1) is 25.9. The number of aliphatic hydroxyl groups is 1. The predicted molar refractivity (Wildman–Crippen MR) is 204 cm³/mol. The molecule has 3 aliphatic carbocycles. The number of likely N-dealkylation sites (N-methyl/N-ethyl adjacent to an activating group) is 1. The van der Waals surface area contributed by atoms with Crippen LogP contribution in [-0.2, 0) is 27.4 Å². The number of rotatable bonds is 8. The monoisotopic (exact) mass is 735 g/mol. The number of carbonyl (C=O) groups is 2. The van der Waals surface area contributed by atoms with E-state index in [2.05, 4.69) is 76.6 Å². The van der Waals surface area contributed by atoms with Crippen molar-refractivity contribution in [2.24, 2.45) is 34.0 Å². The van der Waals surface area contributed by atoms with E-state index in [1.54, 1.807) is 12.5 Å². The zero-order valence-electron chi connectivity index (χ0n) is 32.2. The van der Waals surface area contributed by atoms with E-state index >= 15 is 0 Å². The van der Waals surface area contributed by atoms with Crippen LogP contribution in [0.1, 0.15) is 65.4 Å². The maximum Gasteiger partial charge on any atom is 0.328 e. The van der Waals surface area contributed by atoms with Crippen LogP contribution in [-0.4, -0.2) is 102 Å². The molecule has 4 aliphatic rings. The highest BCUT2D eigenvalue weighted by Gasteiger charge is 2.68. The highest BCUT2D eigenvalue weighted by molar-refractivity contribution is 5.86. The minimum Gasteiger partial charge on any atom is -0.460 e. The Morgan fingerprint density at radius 1 is 1.11 bits per heavy atom. The Bertz CT molecular complexity index is 2070. The fraction of sp³-hybridized carbons (Fsp3) is 0.585. The third-order valence-electron chi connectivity index (χ3n) is 14.2. The first kappa shape index (κ1) is 36.5.